The van der Waals surface area contributed by atoms with Crippen LogP contribution in [0.2, 0.25) is 0 Å². The number of aromatic nitrogens is 1. The first-order chi connectivity index (χ1) is 5.86. The molecule has 0 saturated carbocycles. The molecular formula is C7H10N2O2S. The van der Waals surface area contributed by atoms with Crippen molar-refractivity contribution < 1.29 is 9.84 Å². The van der Waals surface area contributed by atoms with Crippen LogP contribution in [-0.4, -0.2) is 36.4 Å². The Bertz CT molecular complexity index is 258. The quantitative estimate of drug-likeness (QED) is 0.700. The zero-order chi connectivity index (χ0) is 8.39. The Balaban J connectivity index is 2.08. The van der Waals surface area contributed by atoms with Crippen LogP contribution >= 0.6 is 11.3 Å². The van der Waals surface area contributed by atoms with Gasteiger partial charge in [0.05, 0.1) is 19.4 Å². The predicted octanol–water partition coefficient (Wildman–Crippen LogP) is 0.685. The van der Waals surface area contributed by atoms with Gasteiger partial charge >= 0.3 is 0 Å². The highest BCUT2D eigenvalue weighted by molar-refractivity contribution is 7.17. The minimum atomic E-state index is 0.275. The summed E-state index contributed by atoms with van der Waals surface area (Å²) in [7, 11) is 0. The lowest BCUT2D eigenvalue weighted by molar-refractivity contribution is 0.122. The molecule has 1 fully saturated rings. The molecule has 66 valence electrons. The highest BCUT2D eigenvalue weighted by Gasteiger charge is 2.13. The second-order valence-corrected chi connectivity index (χ2v) is 3.57. The van der Waals surface area contributed by atoms with Crippen molar-refractivity contribution in [3.63, 3.8) is 0 Å². The summed E-state index contributed by atoms with van der Waals surface area (Å²) in [5.41, 5.74) is 0. The van der Waals surface area contributed by atoms with Gasteiger partial charge < -0.3 is 14.7 Å². The molecule has 0 radical (unpaired) electrons. The van der Waals surface area contributed by atoms with Crippen molar-refractivity contribution in [1.82, 2.24) is 4.98 Å². The fourth-order valence-electron chi connectivity index (χ4n) is 1.16. The number of rotatable bonds is 1. The summed E-state index contributed by atoms with van der Waals surface area (Å²) in [4.78, 5) is 6.20. The summed E-state index contributed by atoms with van der Waals surface area (Å²) < 4.78 is 5.20. The number of morpholine rings is 1. The monoisotopic (exact) mass is 186 g/mol. The van der Waals surface area contributed by atoms with Crippen LogP contribution in [0.15, 0.2) is 6.20 Å². The highest BCUT2D eigenvalue weighted by atomic mass is 32.1. The van der Waals surface area contributed by atoms with Crippen molar-refractivity contribution >= 4 is 16.5 Å². The number of hydrogen-bond donors (Lipinski definition) is 1. The maximum absolute atomic E-state index is 9.08. The third-order valence-corrected chi connectivity index (χ3v) is 2.62. The average Bonchev–Trinajstić information content (AvgIpc) is 2.54. The van der Waals surface area contributed by atoms with Gasteiger partial charge in [0.15, 0.2) is 10.2 Å². The molecular weight excluding hydrogens is 176 g/mol. The maximum Gasteiger partial charge on any atom is 0.193 e. The summed E-state index contributed by atoms with van der Waals surface area (Å²) in [6.07, 6.45) is 1.48. The Morgan fingerprint density at radius 1 is 1.50 bits per heavy atom. The predicted molar refractivity (Wildman–Crippen MR) is 46.8 cm³/mol. The normalized spacial score (nSPS) is 18.2. The fourth-order valence-corrected chi connectivity index (χ4v) is 1.87. The topological polar surface area (TPSA) is 45.6 Å². The molecule has 0 spiro atoms. The lowest BCUT2D eigenvalue weighted by atomic mass is 10.5. The third kappa shape index (κ3) is 1.51. The largest absolute Gasteiger partial charge is 0.498 e. The number of thiazole rings is 1. The number of hydrogen-bond acceptors (Lipinski definition) is 5. The van der Waals surface area contributed by atoms with Gasteiger partial charge in [0.25, 0.3) is 0 Å². The molecule has 12 heavy (non-hydrogen) atoms. The maximum atomic E-state index is 9.08. The standard InChI is InChI=1S/C7H10N2O2S/c10-6-5-8-7(12-6)9-1-3-11-4-2-9/h5,10H,1-4H2. The molecule has 0 atom stereocenters. The number of anilines is 1. The zero-order valence-electron chi connectivity index (χ0n) is 6.56. The van der Waals surface area contributed by atoms with Crippen LogP contribution < -0.4 is 4.90 Å². The van der Waals surface area contributed by atoms with E-state index < -0.39 is 0 Å². The fraction of sp³-hybridized carbons (Fsp3) is 0.571. The van der Waals surface area contributed by atoms with E-state index in [4.69, 9.17) is 9.84 Å². The Morgan fingerprint density at radius 2 is 2.25 bits per heavy atom. The zero-order valence-corrected chi connectivity index (χ0v) is 7.38. The van der Waals surface area contributed by atoms with Gasteiger partial charge in [-0.3, -0.25) is 0 Å². The Labute approximate surface area is 74.4 Å². The average molecular weight is 186 g/mol. The second-order valence-electron chi connectivity index (χ2n) is 2.58. The minimum Gasteiger partial charge on any atom is -0.498 e. The molecule has 1 aromatic heterocycles. The first kappa shape index (κ1) is 7.82. The van der Waals surface area contributed by atoms with Gasteiger partial charge in [-0.2, -0.15) is 0 Å². The summed E-state index contributed by atoms with van der Waals surface area (Å²) in [6.45, 7) is 3.24. The molecule has 2 heterocycles. The van der Waals surface area contributed by atoms with Gasteiger partial charge in [0.2, 0.25) is 0 Å². The molecule has 1 N–H and O–H groups in total. The molecule has 0 aromatic carbocycles. The van der Waals surface area contributed by atoms with Gasteiger partial charge in [0, 0.05) is 13.1 Å². The van der Waals surface area contributed by atoms with Crippen LogP contribution in [0.4, 0.5) is 5.13 Å². The minimum absolute atomic E-state index is 0.275. The molecule has 1 aliphatic heterocycles. The summed E-state index contributed by atoms with van der Waals surface area (Å²) in [5, 5.41) is 10.2. The van der Waals surface area contributed by atoms with Crippen LogP contribution in [-0.2, 0) is 4.74 Å². The Morgan fingerprint density at radius 3 is 2.83 bits per heavy atom. The van der Waals surface area contributed by atoms with Crippen LogP contribution in [0.3, 0.4) is 0 Å². The summed E-state index contributed by atoms with van der Waals surface area (Å²) >= 11 is 1.31. The third-order valence-electron chi connectivity index (χ3n) is 1.76. The van der Waals surface area contributed by atoms with Gasteiger partial charge in [0.1, 0.15) is 0 Å². The van der Waals surface area contributed by atoms with E-state index >= 15 is 0 Å². The molecule has 1 aliphatic rings. The van der Waals surface area contributed by atoms with Gasteiger partial charge in [-0.1, -0.05) is 11.3 Å². The van der Waals surface area contributed by atoms with E-state index in [2.05, 4.69) is 9.88 Å². The summed E-state index contributed by atoms with van der Waals surface area (Å²) in [5.74, 6) is 0. The van der Waals surface area contributed by atoms with E-state index in [-0.39, 0.29) is 5.06 Å². The number of ether oxygens (including phenoxy) is 1. The molecule has 4 nitrogen and oxygen atoms in total. The van der Waals surface area contributed by atoms with E-state index in [0.29, 0.717) is 0 Å². The van der Waals surface area contributed by atoms with Crippen molar-refractivity contribution in [1.29, 1.82) is 0 Å². The molecule has 5 heteroatoms. The number of nitrogens with zero attached hydrogens (tertiary/aromatic N) is 2. The van der Waals surface area contributed by atoms with Gasteiger partial charge in [-0.15, -0.1) is 0 Å². The molecule has 0 unspecified atom stereocenters. The van der Waals surface area contributed by atoms with Crippen molar-refractivity contribution in [3.8, 4) is 5.06 Å². The van der Waals surface area contributed by atoms with Gasteiger partial charge in [-0.05, 0) is 0 Å². The first-order valence-electron chi connectivity index (χ1n) is 3.84. The van der Waals surface area contributed by atoms with Gasteiger partial charge in [-0.25, -0.2) is 4.98 Å². The highest BCUT2D eigenvalue weighted by Crippen LogP contribution is 2.27. The Hall–Kier alpha value is -0.810. The molecule has 0 aliphatic carbocycles. The first-order valence-corrected chi connectivity index (χ1v) is 4.65. The smallest absolute Gasteiger partial charge is 0.193 e. The lowest BCUT2D eigenvalue weighted by Gasteiger charge is -2.25. The lowest BCUT2D eigenvalue weighted by Crippen LogP contribution is -2.36. The van der Waals surface area contributed by atoms with Crippen molar-refractivity contribution in [2.45, 2.75) is 0 Å². The van der Waals surface area contributed by atoms with Crippen molar-refractivity contribution in [2.24, 2.45) is 0 Å². The Kier molecular flexibility index (Phi) is 2.14. The van der Waals surface area contributed by atoms with Crippen molar-refractivity contribution in [3.05, 3.63) is 6.20 Å². The molecule has 2 rings (SSSR count). The molecule has 1 aromatic rings. The van der Waals surface area contributed by atoms with Crippen molar-refractivity contribution in [2.75, 3.05) is 31.2 Å². The molecule has 0 amide bonds. The van der Waals surface area contributed by atoms with Crippen LogP contribution in [0.1, 0.15) is 0 Å². The van der Waals surface area contributed by atoms with E-state index in [0.717, 1.165) is 31.4 Å². The SMILES string of the molecule is Oc1cnc(N2CCOCC2)s1. The van der Waals surface area contributed by atoms with E-state index in [1.807, 2.05) is 0 Å². The van der Waals surface area contributed by atoms with E-state index in [1.165, 1.54) is 17.5 Å². The van der Waals surface area contributed by atoms with E-state index in [1.54, 1.807) is 0 Å². The van der Waals surface area contributed by atoms with Crippen LogP contribution in [0, 0.1) is 0 Å². The number of aromatic hydroxyl groups is 1. The second kappa shape index (κ2) is 3.28. The molecule has 0 bridgehead atoms. The summed E-state index contributed by atoms with van der Waals surface area (Å²) in [6, 6.07) is 0. The van der Waals surface area contributed by atoms with Crippen LogP contribution in [0.5, 0.6) is 5.06 Å². The van der Waals surface area contributed by atoms with Crippen LogP contribution in [0.25, 0.3) is 0 Å². The van der Waals surface area contributed by atoms with E-state index in [9.17, 15) is 0 Å². The molecule has 1 saturated heterocycles.